The minimum atomic E-state index is 0.0761. The minimum absolute atomic E-state index is 0.0761. The average molecular weight is 294 g/mol. The normalized spacial score (nSPS) is 18.6. The van der Waals surface area contributed by atoms with Crippen LogP contribution in [0.15, 0.2) is 6.33 Å². The Morgan fingerprint density at radius 2 is 2.29 bits per heavy atom. The highest BCUT2D eigenvalue weighted by molar-refractivity contribution is 5.79. The summed E-state index contributed by atoms with van der Waals surface area (Å²) in [7, 11) is 1.65. The predicted octanol–water partition coefficient (Wildman–Crippen LogP) is 1.08. The van der Waals surface area contributed by atoms with E-state index >= 15 is 0 Å². The Balaban J connectivity index is 1.75. The first-order valence-electron chi connectivity index (χ1n) is 7.60. The fraction of sp³-hybridized carbons (Fsp3) is 0.733. The number of amides is 1. The number of H-pyrrole nitrogens is 1. The predicted molar refractivity (Wildman–Crippen MR) is 80.8 cm³/mol. The standard InChI is InChI=1S/C15H26N4O2/c1-11(9-21-3)18-15(20)13-4-6-19(7-5-13)8-14-12(2)16-10-17-14/h10-11,13H,4-9H2,1-3H3,(H,16,17)(H,18,20)/t11-/m0/s1. The first-order valence-corrected chi connectivity index (χ1v) is 7.60. The van der Waals surface area contributed by atoms with Gasteiger partial charge in [0.05, 0.1) is 18.6 Å². The lowest BCUT2D eigenvalue weighted by Gasteiger charge is -2.31. The van der Waals surface area contributed by atoms with Gasteiger partial charge in [0, 0.05) is 31.3 Å². The molecule has 0 radical (unpaired) electrons. The summed E-state index contributed by atoms with van der Waals surface area (Å²) in [6, 6.07) is 0.0761. The number of rotatable bonds is 6. The molecule has 21 heavy (non-hydrogen) atoms. The van der Waals surface area contributed by atoms with E-state index in [2.05, 4.69) is 20.2 Å². The number of hydrogen-bond acceptors (Lipinski definition) is 4. The van der Waals surface area contributed by atoms with Gasteiger partial charge in [0.15, 0.2) is 0 Å². The third-order valence-electron chi connectivity index (χ3n) is 4.07. The summed E-state index contributed by atoms with van der Waals surface area (Å²) in [5, 5.41) is 3.02. The second-order valence-corrected chi connectivity index (χ2v) is 5.89. The molecule has 0 spiro atoms. The van der Waals surface area contributed by atoms with Gasteiger partial charge in [-0.05, 0) is 39.8 Å². The van der Waals surface area contributed by atoms with Crippen LogP contribution in [0.2, 0.25) is 0 Å². The summed E-state index contributed by atoms with van der Waals surface area (Å²) in [6.45, 7) is 7.33. The van der Waals surface area contributed by atoms with Crippen LogP contribution < -0.4 is 5.32 Å². The van der Waals surface area contributed by atoms with Crippen molar-refractivity contribution in [1.82, 2.24) is 20.2 Å². The third kappa shape index (κ3) is 4.54. The molecule has 1 saturated heterocycles. The van der Waals surface area contributed by atoms with Crippen LogP contribution in [0.3, 0.4) is 0 Å². The van der Waals surface area contributed by atoms with E-state index in [1.165, 1.54) is 0 Å². The molecule has 2 heterocycles. The van der Waals surface area contributed by atoms with Crippen molar-refractivity contribution in [2.75, 3.05) is 26.8 Å². The maximum Gasteiger partial charge on any atom is 0.223 e. The Bertz CT molecular complexity index is 452. The number of carbonyl (C=O) groups is 1. The fourth-order valence-electron chi connectivity index (χ4n) is 2.76. The van der Waals surface area contributed by atoms with E-state index in [9.17, 15) is 4.79 Å². The number of nitrogens with one attached hydrogen (secondary N) is 2. The van der Waals surface area contributed by atoms with Crippen LogP contribution in [0.5, 0.6) is 0 Å². The number of hydrogen-bond donors (Lipinski definition) is 2. The molecule has 2 N–H and O–H groups in total. The fourth-order valence-corrected chi connectivity index (χ4v) is 2.76. The number of piperidine rings is 1. The molecule has 1 aromatic rings. The largest absolute Gasteiger partial charge is 0.383 e. The number of aromatic amines is 1. The van der Waals surface area contributed by atoms with Crippen molar-refractivity contribution in [3.8, 4) is 0 Å². The van der Waals surface area contributed by atoms with E-state index in [1.807, 2.05) is 13.8 Å². The maximum atomic E-state index is 12.2. The van der Waals surface area contributed by atoms with Crippen LogP contribution in [0.1, 0.15) is 31.2 Å². The molecule has 1 aromatic heterocycles. The number of imidazole rings is 1. The number of ether oxygens (including phenoxy) is 1. The number of carbonyl (C=O) groups excluding carboxylic acids is 1. The lowest BCUT2D eigenvalue weighted by molar-refractivity contribution is -0.127. The Morgan fingerprint density at radius 1 is 1.57 bits per heavy atom. The van der Waals surface area contributed by atoms with Crippen LogP contribution in [0.4, 0.5) is 0 Å². The molecule has 0 aliphatic carbocycles. The third-order valence-corrected chi connectivity index (χ3v) is 4.07. The lowest BCUT2D eigenvalue weighted by Crippen LogP contribution is -2.44. The van der Waals surface area contributed by atoms with Gasteiger partial charge in [-0.2, -0.15) is 0 Å². The molecule has 1 amide bonds. The van der Waals surface area contributed by atoms with Crippen molar-refractivity contribution < 1.29 is 9.53 Å². The summed E-state index contributed by atoms with van der Waals surface area (Å²) >= 11 is 0. The summed E-state index contributed by atoms with van der Waals surface area (Å²) < 4.78 is 5.05. The van der Waals surface area contributed by atoms with Gasteiger partial charge in [-0.25, -0.2) is 4.98 Å². The second-order valence-electron chi connectivity index (χ2n) is 5.89. The zero-order chi connectivity index (χ0) is 15.2. The van der Waals surface area contributed by atoms with Crippen LogP contribution in [0.25, 0.3) is 0 Å². The SMILES string of the molecule is COC[C@H](C)NC(=O)C1CCN(Cc2nc[nH]c2C)CC1. The molecular weight excluding hydrogens is 268 g/mol. The zero-order valence-electron chi connectivity index (χ0n) is 13.2. The molecule has 0 unspecified atom stereocenters. The Hall–Kier alpha value is -1.40. The maximum absolute atomic E-state index is 12.2. The number of nitrogens with zero attached hydrogens (tertiary/aromatic N) is 2. The molecule has 1 aliphatic rings. The molecule has 6 heteroatoms. The highest BCUT2D eigenvalue weighted by Gasteiger charge is 2.26. The smallest absolute Gasteiger partial charge is 0.223 e. The highest BCUT2D eigenvalue weighted by atomic mass is 16.5. The van der Waals surface area contributed by atoms with Gasteiger partial charge >= 0.3 is 0 Å². The molecule has 1 atom stereocenters. The zero-order valence-corrected chi connectivity index (χ0v) is 13.2. The molecule has 6 nitrogen and oxygen atoms in total. The van der Waals surface area contributed by atoms with Gasteiger partial charge in [0.2, 0.25) is 5.91 Å². The molecule has 1 fully saturated rings. The molecular formula is C15H26N4O2. The lowest BCUT2D eigenvalue weighted by atomic mass is 9.95. The molecule has 118 valence electrons. The summed E-state index contributed by atoms with van der Waals surface area (Å²) in [5.41, 5.74) is 2.23. The van der Waals surface area contributed by atoms with E-state index in [4.69, 9.17) is 4.74 Å². The molecule has 0 bridgehead atoms. The number of methoxy groups -OCH3 is 1. The van der Waals surface area contributed by atoms with Gasteiger partial charge in [-0.15, -0.1) is 0 Å². The van der Waals surface area contributed by atoms with E-state index in [0.29, 0.717) is 6.61 Å². The van der Waals surface area contributed by atoms with Crippen molar-refractivity contribution in [1.29, 1.82) is 0 Å². The Morgan fingerprint density at radius 3 is 2.86 bits per heavy atom. The number of likely N-dealkylation sites (tertiary alicyclic amines) is 1. The van der Waals surface area contributed by atoms with Crippen molar-refractivity contribution in [3.05, 3.63) is 17.7 Å². The van der Waals surface area contributed by atoms with Crippen LogP contribution in [-0.2, 0) is 16.1 Å². The van der Waals surface area contributed by atoms with Crippen LogP contribution in [0, 0.1) is 12.8 Å². The Kier molecular flexibility index (Phi) is 5.76. The second kappa shape index (κ2) is 7.56. The first kappa shape index (κ1) is 16.0. The van der Waals surface area contributed by atoms with Gasteiger partial charge in [-0.3, -0.25) is 9.69 Å². The summed E-state index contributed by atoms with van der Waals surface area (Å²) in [6.07, 6.45) is 3.56. The van der Waals surface area contributed by atoms with Crippen LogP contribution >= 0.6 is 0 Å². The number of aromatic nitrogens is 2. The highest BCUT2D eigenvalue weighted by Crippen LogP contribution is 2.19. The molecule has 0 aromatic carbocycles. The minimum Gasteiger partial charge on any atom is -0.383 e. The van der Waals surface area contributed by atoms with Gasteiger partial charge in [0.25, 0.3) is 0 Å². The van der Waals surface area contributed by atoms with E-state index in [1.54, 1.807) is 13.4 Å². The monoisotopic (exact) mass is 294 g/mol. The summed E-state index contributed by atoms with van der Waals surface area (Å²) in [5.74, 6) is 0.288. The molecule has 2 rings (SSSR count). The van der Waals surface area contributed by atoms with E-state index in [-0.39, 0.29) is 17.9 Å². The number of aryl methyl sites for hydroxylation is 1. The van der Waals surface area contributed by atoms with Crippen molar-refractivity contribution in [2.24, 2.45) is 5.92 Å². The van der Waals surface area contributed by atoms with Crippen molar-refractivity contribution in [2.45, 2.75) is 39.3 Å². The first-order chi connectivity index (χ1) is 10.1. The van der Waals surface area contributed by atoms with Crippen LogP contribution in [-0.4, -0.2) is 53.6 Å². The van der Waals surface area contributed by atoms with Gasteiger partial charge < -0.3 is 15.0 Å². The Labute approximate surface area is 126 Å². The average Bonchev–Trinajstić information content (AvgIpc) is 2.85. The molecule has 0 saturated carbocycles. The van der Waals surface area contributed by atoms with Gasteiger partial charge in [0.1, 0.15) is 0 Å². The van der Waals surface area contributed by atoms with E-state index < -0.39 is 0 Å². The summed E-state index contributed by atoms with van der Waals surface area (Å²) in [4.78, 5) is 22.0. The van der Waals surface area contributed by atoms with Crippen molar-refractivity contribution >= 4 is 5.91 Å². The quantitative estimate of drug-likeness (QED) is 0.824. The topological polar surface area (TPSA) is 70.2 Å². The van der Waals surface area contributed by atoms with E-state index in [0.717, 1.165) is 43.9 Å². The van der Waals surface area contributed by atoms with Crippen molar-refractivity contribution in [3.63, 3.8) is 0 Å². The molecule has 1 aliphatic heterocycles. The van der Waals surface area contributed by atoms with Gasteiger partial charge in [-0.1, -0.05) is 0 Å².